The van der Waals surface area contributed by atoms with Gasteiger partial charge >= 0.3 is 0 Å². The lowest BCUT2D eigenvalue weighted by atomic mass is 10.1. The molecule has 2 amide bonds. The predicted octanol–water partition coefficient (Wildman–Crippen LogP) is 2.46. The van der Waals surface area contributed by atoms with Crippen molar-refractivity contribution in [3.05, 3.63) is 59.7 Å². The van der Waals surface area contributed by atoms with Crippen molar-refractivity contribution in [2.24, 2.45) is 5.92 Å². The lowest BCUT2D eigenvalue weighted by Crippen LogP contribution is -2.25. The Morgan fingerprint density at radius 3 is 2.25 bits per heavy atom. The summed E-state index contributed by atoms with van der Waals surface area (Å²) in [4.78, 5) is 24.1. The number of hydrogen-bond acceptors (Lipinski definition) is 4. The first-order valence-corrected chi connectivity index (χ1v) is 10.3. The van der Waals surface area contributed by atoms with Crippen LogP contribution in [0, 0.1) is 5.92 Å². The van der Waals surface area contributed by atoms with E-state index in [-0.39, 0.29) is 34.7 Å². The highest BCUT2D eigenvalue weighted by Gasteiger charge is 2.18. The minimum absolute atomic E-state index is 0.0615. The molecule has 0 saturated heterocycles. The van der Waals surface area contributed by atoms with Crippen molar-refractivity contribution in [1.82, 2.24) is 9.62 Å². The Morgan fingerprint density at radius 2 is 1.68 bits per heavy atom. The molecule has 0 aliphatic carbocycles. The minimum Gasteiger partial charge on any atom is -0.348 e. The van der Waals surface area contributed by atoms with Gasteiger partial charge in [-0.3, -0.25) is 9.59 Å². The summed E-state index contributed by atoms with van der Waals surface area (Å²) in [6.07, 6.45) is 0. The van der Waals surface area contributed by atoms with E-state index in [9.17, 15) is 18.0 Å². The quantitative estimate of drug-likeness (QED) is 0.742. The van der Waals surface area contributed by atoms with Crippen LogP contribution in [0.15, 0.2) is 53.4 Å². The summed E-state index contributed by atoms with van der Waals surface area (Å²) in [5.74, 6) is -0.535. The van der Waals surface area contributed by atoms with Crippen LogP contribution < -0.4 is 10.6 Å². The number of nitrogens with one attached hydrogen (secondary N) is 2. The van der Waals surface area contributed by atoms with Crippen LogP contribution >= 0.6 is 0 Å². The van der Waals surface area contributed by atoms with E-state index < -0.39 is 10.0 Å². The standard InChI is InChI=1S/C20H25N3O4S/c1-14(2)19(24)22-17-10-8-15(9-11-17)13-21-20(25)16-6-5-7-18(12-16)28(26,27)23(3)4/h5-12,14H,13H2,1-4H3,(H,21,25)(H,22,24). The van der Waals surface area contributed by atoms with Gasteiger partial charge in [-0.1, -0.05) is 32.0 Å². The van der Waals surface area contributed by atoms with Gasteiger partial charge in [0, 0.05) is 37.8 Å². The summed E-state index contributed by atoms with van der Waals surface area (Å²) in [6.45, 7) is 3.91. The number of rotatable bonds is 7. The van der Waals surface area contributed by atoms with Crippen molar-refractivity contribution >= 4 is 27.5 Å². The maximum absolute atomic E-state index is 12.4. The van der Waals surface area contributed by atoms with Gasteiger partial charge in [0.2, 0.25) is 15.9 Å². The number of carbonyl (C=O) groups excluding carboxylic acids is 2. The van der Waals surface area contributed by atoms with Crippen LogP contribution in [0.1, 0.15) is 29.8 Å². The molecule has 2 N–H and O–H groups in total. The highest BCUT2D eigenvalue weighted by Crippen LogP contribution is 2.15. The Morgan fingerprint density at radius 1 is 1.04 bits per heavy atom. The Bertz CT molecular complexity index is 952. The minimum atomic E-state index is -3.60. The molecule has 0 aliphatic rings. The molecular formula is C20H25N3O4S. The molecule has 7 nitrogen and oxygen atoms in total. The van der Waals surface area contributed by atoms with E-state index in [1.165, 1.54) is 32.3 Å². The molecule has 0 bridgehead atoms. The fraction of sp³-hybridized carbons (Fsp3) is 0.300. The normalized spacial score (nSPS) is 11.5. The maximum Gasteiger partial charge on any atom is 0.251 e. The SMILES string of the molecule is CC(C)C(=O)Nc1ccc(CNC(=O)c2cccc(S(=O)(=O)N(C)C)c2)cc1. The van der Waals surface area contributed by atoms with Crippen molar-refractivity contribution in [1.29, 1.82) is 0 Å². The lowest BCUT2D eigenvalue weighted by Gasteiger charge is -2.12. The predicted molar refractivity (Wildman–Crippen MR) is 108 cm³/mol. The summed E-state index contributed by atoms with van der Waals surface area (Å²) in [5, 5.41) is 5.57. The van der Waals surface area contributed by atoms with E-state index in [4.69, 9.17) is 0 Å². The molecule has 0 atom stereocenters. The Hall–Kier alpha value is -2.71. The monoisotopic (exact) mass is 403 g/mol. The van der Waals surface area contributed by atoms with Gasteiger partial charge in [0.05, 0.1) is 4.90 Å². The largest absolute Gasteiger partial charge is 0.348 e. The van der Waals surface area contributed by atoms with Gasteiger partial charge in [-0.15, -0.1) is 0 Å². The van der Waals surface area contributed by atoms with Gasteiger partial charge in [0.15, 0.2) is 0 Å². The zero-order valence-corrected chi connectivity index (χ0v) is 17.2. The van der Waals surface area contributed by atoms with Crippen molar-refractivity contribution in [3.63, 3.8) is 0 Å². The van der Waals surface area contributed by atoms with Gasteiger partial charge in [-0.2, -0.15) is 0 Å². The molecule has 28 heavy (non-hydrogen) atoms. The molecule has 0 unspecified atom stereocenters. The number of sulfonamides is 1. The summed E-state index contributed by atoms with van der Waals surface area (Å²) in [5.41, 5.74) is 1.81. The number of benzene rings is 2. The summed E-state index contributed by atoms with van der Waals surface area (Å²) >= 11 is 0. The van der Waals surface area contributed by atoms with E-state index >= 15 is 0 Å². The van der Waals surface area contributed by atoms with Gasteiger partial charge in [0.25, 0.3) is 5.91 Å². The van der Waals surface area contributed by atoms with Crippen LogP contribution in [0.25, 0.3) is 0 Å². The zero-order chi connectivity index (χ0) is 20.9. The average Bonchev–Trinajstić information content (AvgIpc) is 2.67. The van der Waals surface area contributed by atoms with Crippen molar-refractivity contribution in [2.45, 2.75) is 25.3 Å². The summed E-state index contributed by atoms with van der Waals surface area (Å²) in [7, 11) is -0.723. The zero-order valence-electron chi connectivity index (χ0n) is 16.4. The molecule has 0 spiro atoms. The van der Waals surface area contributed by atoms with E-state index in [1.54, 1.807) is 18.2 Å². The maximum atomic E-state index is 12.4. The lowest BCUT2D eigenvalue weighted by molar-refractivity contribution is -0.118. The second-order valence-corrected chi connectivity index (χ2v) is 8.99. The number of amides is 2. The molecule has 2 aromatic rings. The van der Waals surface area contributed by atoms with Crippen LogP contribution in [0.3, 0.4) is 0 Å². The third-order valence-corrected chi connectivity index (χ3v) is 5.88. The van der Waals surface area contributed by atoms with Gasteiger partial charge in [0.1, 0.15) is 0 Å². The van der Waals surface area contributed by atoms with Crippen LogP contribution in [-0.4, -0.2) is 38.6 Å². The molecule has 0 aromatic heterocycles. The van der Waals surface area contributed by atoms with Crippen molar-refractivity contribution in [2.75, 3.05) is 19.4 Å². The first-order chi connectivity index (χ1) is 13.1. The second kappa shape index (κ2) is 8.99. The first-order valence-electron chi connectivity index (χ1n) is 8.82. The van der Waals surface area contributed by atoms with Crippen LogP contribution in [0.5, 0.6) is 0 Å². The van der Waals surface area contributed by atoms with Gasteiger partial charge < -0.3 is 10.6 Å². The third-order valence-electron chi connectivity index (χ3n) is 4.07. The fourth-order valence-corrected chi connectivity index (χ4v) is 3.23. The molecule has 0 radical (unpaired) electrons. The summed E-state index contributed by atoms with van der Waals surface area (Å²) in [6, 6.07) is 13.1. The van der Waals surface area contributed by atoms with Crippen molar-refractivity contribution in [3.8, 4) is 0 Å². The fourth-order valence-electron chi connectivity index (χ4n) is 2.29. The van der Waals surface area contributed by atoms with E-state index in [0.29, 0.717) is 5.69 Å². The average molecular weight is 404 g/mol. The van der Waals surface area contributed by atoms with Crippen molar-refractivity contribution < 1.29 is 18.0 Å². The highest BCUT2D eigenvalue weighted by molar-refractivity contribution is 7.89. The van der Waals surface area contributed by atoms with Gasteiger partial charge in [-0.05, 0) is 35.9 Å². The molecular weight excluding hydrogens is 378 g/mol. The third kappa shape index (κ3) is 5.40. The molecule has 0 fully saturated rings. The Kier molecular flexibility index (Phi) is 6.93. The molecule has 8 heteroatoms. The van der Waals surface area contributed by atoms with Crippen LogP contribution in [0.4, 0.5) is 5.69 Å². The highest BCUT2D eigenvalue weighted by atomic mass is 32.2. The first kappa shape index (κ1) is 21.6. The number of nitrogens with zero attached hydrogens (tertiary/aromatic N) is 1. The van der Waals surface area contributed by atoms with Crippen LogP contribution in [-0.2, 0) is 21.4 Å². The molecule has 2 aromatic carbocycles. The smallest absolute Gasteiger partial charge is 0.251 e. The summed E-state index contributed by atoms with van der Waals surface area (Å²) < 4.78 is 25.5. The Labute approximate surface area is 165 Å². The van der Waals surface area contributed by atoms with Gasteiger partial charge in [-0.25, -0.2) is 12.7 Å². The molecule has 0 heterocycles. The number of anilines is 1. The molecule has 150 valence electrons. The van der Waals surface area contributed by atoms with Crippen LogP contribution in [0.2, 0.25) is 0 Å². The Balaban J connectivity index is 2.02. The molecule has 2 rings (SSSR count). The molecule has 0 saturated carbocycles. The second-order valence-electron chi connectivity index (χ2n) is 6.84. The molecule has 0 aliphatic heterocycles. The van der Waals surface area contributed by atoms with E-state index in [0.717, 1.165) is 9.87 Å². The number of carbonyl (C=O) groups is 2. The topological polar surface area (TPSA) is 95.6 Å². The number of hydrogen-bond donors (Lipinski definition) is 2. The van der Waals surface area contributed by atoms with E-state index in [1.807, 2.05) is 26.0 Å². The van der Waals surface area contributed by atoms with E-state index in [2.05, 4.69) is 10.6 Å².